The van der Waals surface area contributed by atoms with E-state index in [4.69, 9.17) is 17.3 Å². The van der Waals surface area contributed by atoms with Crippen LogP contribution in [0.2, 0.25) is 5.02 Å². The predicted molar refractivity (Wildman–Crippen MR) is 58.4 cm³/mol. The maximum absolute atomic E-state index is 11.3. The van der Waals surface area contributed by atoms with Gasteiger partial charge in [-0.1, -0.05) is 17.7 Å². The summed E-state index contributed by atoms with van der Waals surface area (Å²) in [5.74, 6) is -0.0299. The third-order valence-electron chi connectivity index (χ3n) is 1.72. The van der Waals surface area contributed by atoms with Crippen LogP contribution in [-0.2, 0) is 4.79 Å². The molecule has 3 nitrogen and oxygen atoms in total. The lowest BCUT2D eigenvalue weighted by atomic mass is 10.2. The Morgan fingerprint density at radius 2 is 2.29 bits per heavy atom. The van der Waals surface area contributed by atoms with Crippen molar-refractivity contribution in [2.75, 3.05) is 11.9 Å². The Labute approximate surface area is 88.2 Å². The first kappa shape index (κ1) is 11.0. The van der Waals surface area contributed by atoms with Crippen molar-refractivity contribution in [1.82, 2.24) is 0 Å². The van der Waals surface area contributed by atoms with Gasteiger partial charge in [0.25, 0.3) is 0 Å². The summed E-state index contributed by atoms with van der Waals surface area (Å²) in [5, 5.41) is 3.35. The number of hydrogen-bond acceptors (Lipinski definition) is 2. The Morgan fingerprint density at radius 3 is 2.93 bits per heavy atom. The van der Waals surface area contributed by atoms with E-state index >= 15 is 0 Å². The Balaban J connectivity index is 2.47. The SMILES string of the molecule is NCCCC(=O)Nc1cccc(Cl)c1. The molecule has 3 N–H and O–H groups in total. The van der Waals surface area contributed by atoms with E-state index in [9.17, 15) is 4.79 Å². The summed E-state index contributed by atoms with van der Waals surface area (Å²) in [7, 11) is 0. The van der Waals surface area contributed by atoms with Crippen LogP contribution in [-0.4, -0.2) is 12.5 Å². The lowest BCUT2D eigenvalue weighted by Gasteiger charge is -2.04. The van der Waals surface area contributed by atoms with Gasteiger partial charge in [0.15, 0.2) is 0 Å². The number of carbonyl (C=O) groups is 1. The van der Waals surface area contributed by atoms with Gasteiger partial charge in [-0.2, -0.15) is 0 Å². The molecule has 4 heteroatoms. The second-order valence-electron chi connectivity index (χ2n) is 2.95. The summed E-state index contributed by atoms with van der Waals surface area (Å²) in [4.78, 5) is 11.3. The maximum atomic E-state index is 11.3. The number of nitrogens with one attached hydrogen (secondary N) is 1. The highest BCUT2D eigenvalue weighted by molar-refractivity contribution is 6.30. The third kappa shape index (κ3) is 3.77. The minimum Gasteiger partial charge on any atom is -0.330 e. The molecular weight excluding hydrogens is 200 g/mol. The van der Waals surface area contributed by atoms with E-state index in [-0.39, 0.29) is 5.91 Å². The van der Waals surface area contributed by atoms with E-state index < -0.39 is 0 Å². The molecule has 1 rings (SSSR count). The predicted octanol–water partition coefficient (Wildman–Crippen LogP) is 2.02. The van der Waals surface area contributed by atoms with Gasteiger partial charge in [0, 0.05) is 17.1 Å². The van der Waals surface area contributed by atoms with Crippen molar-refractivity contribution >= 4 is 23.2 Å². The first-order valence-corrected chi connectivity index (χ1v) is 4.85. The quantitative estimate of drug-likeness (QED) is 0.803. The highest BCUT2D eigenvalue weighted by atomic mass is 35.5. The lowest BCUT2D eigenvalue weighted by Crippen LogP contribution is -2.13. The summed E-state index contributed by atoms with van der Waals surface area (Å²) < 4.78 is 0. The van der Waals surface area contributed by atoms with Gasteiger partial charge in [0.05, 0.1) is 0 Å². The molecule has 0 saturated heterocycles. The maximum Gasteiger partial charge on any atom is 0.224 e. The van der Waals surface area contributed by atoms with Gasteiger partial charge in [-0.3, -0.25) is 4.79 Å². The standard InChI is InChI=1S/C10H13ClN2O/c11-8-3-1-4-9(7-8)13-10(14)5-2-6-12/h1,3-4,7H,2,5-6,12H2,(H,13,14). The van der Waals surface area contributed by atoms with E-state index in [0.29, 0.717) is 24.4 Å². The van der Waals surface area contributed by atoms with Crippen molar-refractivity contribution in [2.45, 2.75) is 12.8 Å². The van der Waals surface area contributed by atoms with Gasteiger partial charge in [-0.15, -0.1) is 0 Å². The van der Waals surface area contributed by atoms with E-state index in [2.05, 4.69) is 5.32 Å². The molecule has 0 saturated carbocycles. The fourth-order valence-corrected chi connectivity index (χ4v) is 1.24. The van der Waals surface area contributed by atoms with E-state index in [1.54, 1.807) is 24.3 Å². The van der Waals surface area contributed by atoms with Crippen molar-refractivity contribution in [2.24, 2.45) is 5.73 Å². The van der Waals surface area contributed by atoms with Crippen LogP contribution < -0.4 is 11.1 Å². The molecule has 1 aromatic rings. The number of anilines is 1. The molecule has 0 radical (unpaired) electrons. The summed E-state index contributed by atoms with van der Waals surface area (Å²) in [6, 6.07) is 7.06. The van der Waals surface area contributed by atoms with Crippen LogP contribution in [0.25, 0.3) is 0 Å². The molecule has 0 fully saturated rings. The fourth-order valence-electron chi connectivity index (χ4n) is 1.05. The van der Waals surface area contributed by atoms with Crippen molar-refractivity contribution in [3.63, 3.8) is 0 Å². The van der Waals surface area contributed by atoms with Crippen LogP contribution >= 0.6 is 11.6 Å². The van der Waals surface area contributed by atoms with Gasteiger partial charge in [0.2, 0.25) is 5.91 Å². The number of hydrogen-bond donors (Lipinski definition) is 2. The summed E-state index contributed by atoms with van der Waals surface area (Å²) >= 11 is 5.76. The van der Waals surface area contributed by atoms with Gasteiger partial charge < -0.3 is 11.1 Å². The van der Waals surface area contributed by atoms with Crippen molar-refractivity contribution in [1.29, 1.82) is 0 Å². The largest absolute Gasteiger partial charge is 0.330 e. The summed E-state index contributed by atoms with van der Waals surface area (Å²) in [6.07, 6.45) is 1.15. The molecule has 76 valence electrons. The smallest absolute Gasteiger partial charge is 0.224 e. The van der Waals surface area contributed by atoms with Gasteiger partial charge >= 0.3 is 0 Å². The minimum atomic E-state index is -0.0299. The Bertz CT molecular complexity index is 315. The highest BCUT2D eigenvalue weighted by Crippen LogP contribution is 2.14. The first-order valence-electron chi connectivity index (χ1n) is 4.48. The number of amides is 1. The normalized spacial score (nSPS) is 9.86. The van der Waals surface area contributed by atoms with Gasteiger partial charge in [-0.05, 0) is 31.2 Å². The second kappa shape index (κ2) is 5.62. The molecule has 0 atom stereocenters. The zero-order chi connectivity index (χ0) is 10.4. The Morgan fingerprint density at radius 1 is 1.50 bits per heavy atom. The lowest BCUT2D eigenvalue weighted by molar-refractivity contribution is -0.116. The van der Waals surface area contributed by atoms with Crippen LogP contribution in [0.3, 0.4) is 0 Å². The van der Waals surface area contributed by atoms with Crippen LogP contribution in [0.4, 0.5) is 5.69 Å². The number of benzene rings is 1. The fraction of sp³-hybridized carbons (Fsp3) is 0.300. The first-order chi connectivity index (χ1) is 6.72. The van der Waals surface area contributed by atoms with E-state index in [1.165, 1.54) is 0 Å². The van der Waals surface area contributed by atoms with E-state index in [1.807, 2.05) is 0 Å². The average molecular weight is 213 g/mol. The number of nitrogens with two attached hydrogens (primary N) is 1. The Hall–Kier alpha value is -1.06. The third-order valence-corrected chi connectivity index (χ3v) is 1.95. The molecule has 0 aliphatic carbocycles. The zero-order valence-corrected chi connectivity index (χ0v) is 8.55. The van der Waals surface area contributed by atoms with Gasteiger partial charge in [0.1, 0.15) is 0 Å². The van der Waals surface area contributed by atoms with Crippen molar-refractivity contribution in [3.8, 4) is 0 Å². The van der Waals surface area contributed by atoms with Crippen LogP contribution in [0.1, 0.15) is 12.8 Å². The molecule has 1 amide bonds. The number of carbonyl (C=O) groups excluding carboxylic acids is 1. The van der Waals surface area contributed by atoms with Crippen LogP contribution in [0, 0.1) is 0 Å². The molecule has 0 aliphatic rings. The summed E-state index contributed by atoms with van der Waals surface area (Å²) in [6.45, 7) is 0.531. The van der Waals surface area contributed by atoms with Crippen LogP contribution in [0.5, 0.6) is 0 Å². The minimum absolute atomic E-state index is 0.0299. The molecule has 0 bridgehead atoms. The number of halogens is 1. The van der Waals surface area contributed by atoms with E-state index in [0.717, 1.165) is 5.69 Å². The average Bonchev–Trinajstić information content (AvgIpc) is 2.15. The molecule has 0 aliphatic heterocycles. The number of rotatable bonds is 4. The molecule has 1 aromatic carbocycles. The zero-order valence-electron chi connectivity index (χ0n) is 7.79. The summed E-state index contributed by atoms with van der Waals surface area (Å²) in [5.41, 5.74) is 6.01. The van der Waals surface area contributed by atoms with Crippen molar-refractivity contribution in [3.05, 3.63) is 29.3 Å². The van der Waals surface area contributed by atoms with Crippen LogP contribution in [0.15, 0.2) is 24.3 Å². The molecule has 0 aromatic heterocycles. The molecule has 0 unspecified atom stereocenters. The van der Waals surface area contributed by atoms with Crippen molar-refractivity contribution < 1.29 is 4.79 Å². The highest BCUT2D eigenvalue weighted by Gasteiger charge is 2.01. The second-order valence-corrected chi connectivity index (χ2v) is 3.39. The Kier molecular flexibility index (Phi) is 4.43. The molecule has 0 heterocycles. The molecule has 14 heavy (non-hydrogen) atoms. The topological polar surface area (TPSA) is 55.1 Å². The monoisotopic (exact) mass is 212 g/mol. The molecule has 0 spiro atoms. The molecular formula is C10H13ClN2O. The van der Waals surface area contributed by atoms with Gasteiger partial charge in [-0.25, -0.2) is 0 Å².